The van der Waals surface area contributed by atoms with E-state index in [0.29, 0.717) is 13.1 Å². The fourth-order valence-corrected chi connectivity index (χ4v) is 2.81. The van der Waals surface area contributed by atoms with Gasteiger partial charge in [-0.05, 0) is 33.3 Å². The van der Waals surface area contributed by atoms with Crippen molar-refractivity contribution in [3.05, 3.63) is 21.3 Å². The minimum absolute atomic E-state index is 0.245. The van der Waals surface area contributed by atoms with Crippen LogP contribution in [0.4, 0.5) is 4.79 Å². The molecule has 0 aliphatic carbocycles. The van der Waals surface area contributed by atoms with Crippen LogP contribution in [0.15, 0.2) is 11.4 Å². The molecule has 0 aliphatic heterocycles. The van der Waals surface area contributed by atoms with Crippen molar-refractivity contribution >= 4 is 29.0 Å². The van der Waals surface area contributed by atoms with Gasteiger partial charge in [-0.3, -0.25) is 0 Å². The molecule has 0 atom stereocenters. The monoisotopic (exact) mass is 332 g/mol. The summed E-state index contributed by atoms with van der Waals surface area (Å²) in [6.07, 6.45) is 0.671. The maximum Gasteiger partial charge on any atom is 0.410 e. The van der Waals surface area contributed by atoms with Gasteiger partial charge in [-0.2, -0.15) is 0 Å². The Balaban J connectivity index is 2.35. The first-order chi connectivity index (χ1) is 9.81. The summed E-state index contributed by atoms with van der Waals surface area (Å²) in [4.78, 5) is 15.0. The maximum absolute atomic E-state index is 12.1. The summed E-state index contributed by atoms with van der Waals surface area (Å²) in [5.74, 6) is 0. The fourth-order valence-electron chi connectivity index (χ4n) is 1.76. The number of rotatable bonds is 7. The zero-order valence-corrected chi connectivity index (χ0v) is 14.8. The van der Waals surface area contributed by atoms with Crippen molar-refractivity contribution in [2.75, 3.05) is 19.6 Å². The van der Waals surface area contributed by atoms with Gasteiger partial charge in [0.2, 0.25) is 0 Å². The second-order valence-corrected chi connectivity index (χ2v) is 7.31. The third-order valence-electron chi connectivity index (χ3n) is 2.62. The fraction of sp³-hybridized carbons (Fsp3) is 0.667. The third kappa shape index (κ3) is 7.69. The molecule has 1 aromatic rings. The molecule has 0 spiro atoms. The van der Waals surface area contributed by atoms with Gasteiger partial charge in [0.25, 0.3) is 0 Å². The van der Waals surface area contributed by atoms with Crippen LogP contribution >= 0.6 is 22.9 Å². The highest BCUT2D eigenvalue weighted by Crippen LogP contribution is 2.18. The molecule has 0 aromatic carbocycles. The molecule has 1 amide bonds. The van der Waals surface area contributed by atoms with Crippen molar-refractivity contribution < 1.29 is 9.53 Å². The second-order valence-electron chi connectivity index (χ2n) is 5.88. The average Bonchev–Trinajstić information content (AvgIpc) is 2.77. The number of hydrogen-bond acceptors (Lipinski definition) is 4. The molecule has 0 unspecified atom stereocenters. The average molecular weight is 333 g/mol. The lowest BCUT2D eigenvalue weighted by molar-refractivity contribution is 0.0252. The van der Waals surface area contributed by atoms with Crippen molar-refractivity contribution in [3.8, 4) is 0 Å². The largest absolute Gasteiger partial charge is 0.444 e. The van der Waals surface area contributed by atoms with Crippen molar-refractivity contribution in [1.29, 1.82) is 0 Å². The number of nitrogens with zero attached hydrogens (tertiary/aromatic N) is 1. The Labute approximate surface area is 136 Å². The van der Waals surface area contributed by atoms with Crippen LogP contribution in [0, 0.1) is 0 Å². The molecule has 0 fully saturated rings. The van der Waals surface area contributed by atoms with E-state index in [1.807, 2.05) is 32.2 Å². The van der Waals surface area contributed by atoms with Crippen LogP contribution in [0.3, 0.4) is 0 Å². The lowest BCUT2D eigenvalue weighted by Crippen LogP contribution is -2.40. The highest BCUT2D eigenvalue weighted by Gasteiger charge is 2.21. The lowest BCUT2D eigenvalue weighted by Gasteiger charge is -2.27. The second kappa shape index (κ2) is 8.61. The van der Waals surface area contributed by atoms with E-state index in [0.717, 1.165) is 24.5 Å². The molecule has 21 heavy (non-hydrogen) atoms. The van der Waals surface area contributed by atoms with Crippen molar-refractivity contribution in [1.82, 2.24) is 10.2 Å². The molecule has 0 radical (unpaired) electrons. The number of carbonyl (C=O) groups is 1. The normalized spacial score (nSPS) is 11.5. The number of hydrogen-bond donors (Lipinski definition) is 1. The van der Waals surface area contributed by atoms with E-state index in [1.165, 1.54) is 4.88 Å². The molecule has 4 nitrogen and oxygen atoms in total. The minimum atomic E-state index is -0.454. The van der Waals surface area contributed by atoms with Gasteiger partial charge in [0, 0.05) is 36.4 Å². The molecule has 6 heteroatoms. The summed E-state index contributed by atoms with van der Waals surface area (Å²) < 4.78 is 5.41. The highest BCUT2D eigenvalue weighted by molar-refractivity contribution is 7.10. The molecule has 1 heterocycles. The van der Waals surface area contributed by atoms with Gasteiger partial charge < -0.3 is 15.0 Å². The summed E-state index contributed by atoms with van der Waals surface area (Å²) in [7, 11) is 0. The molecule has 0 saturated carbocycles. The summed E-state index contributed by atoms with van der Waals surface area (Å²) in [6, 6.07) is 1.96. The van der Waals surface area contributed by atoms with Gasteiger partial charge in [-0.25, -0.2) is 4.79 Å². The van der Waals surface area contributed by atoms with Gasteiger partial charge in [0.1, 0.15) is 5.60 Å². The Morgan fingerprint density at radius 2 is 2.14 bits per heavy atom. The SMILES string of the molecule is CCCN(CCNCc1cc(Cl)cs1)C(=O)OC(C)(C)C. The predicted molar refractivity (Wildman–Crippen MR) is 89.1 cm³/mol. The van der Waals surface area contributed by atoms with Crippen LogP contribution in [0.2, 0.25) is 5.02 Å². The minimum Gasteiger partial charge on any atom is -0.444 e. The van der Waals surface area contributed by atoms with Gasteiger partial charge >= 0.3 is 6.09 Å². The van der Waals surface area contributed by atoms with Crippen molar-refractivity contribution in [3.63, 3.8) is 0 Å². The number of thiophene rings is 1. The molecular formula is C15H25ClN2O2S. The first kappa shape index (κ1) is 18.3. The molecule has 1 N–H and O–H groups in total. The predicted octanol–water partition coefficient (Wildman–Crippen LogP) is 4.14. The zero-order chi connectivity index (χ0) is 15.9. The Morgan fingerprint density at radius 1 is 1.43 bits per heavy atom. The van der Waals surface area contributed by atoms with E-state index in [-0.39, 0.29) is 6.09 Å². The summed E-state index contributed by atoms with van der Waals surface area (Å²) in [5.41, 5.74) is -0.454. The highest BCUT2D eigenvalue weighted by atomic mass is 35.5. The van der Waals surface area contributed by atoms with Gasteiger partial charge in [0.15, 0.2) is 0 Å². The Kier molecular flexibility index (Phi) is 7.49. The standard InChI is InChI=1S/C15H25ClN2O2S/c1-5-7-18(14(19)20-15(2,3)4)8-6-17-10-13-9-12(16)11-21-13/h9,11,17H,5-8,10H2,1-4H3. The van der Waals surface area contributed by atoms with Gasteiger partial charge in [-0.15, -0.1) is 11.3 Å². The summed E-state index contributed by atoms with van der Waals surface area (Å²) in [5, 5.41) is 6.02. The molecule has 0 aliphatic rings. The Morgan fingerprint density at radius 3 is 2.67 bits per heavy atom. The topological polar surface area (TPSA) is 41.6 Å². The lowest BCUT2D eigenvalue weighted by atomic mass is 10.2. The summed E-state index contributed by atoms with van der Waals surface area (Å²) in [6.45, 7) is 10.6. The van der Waals surface area contributed by atoms with Gasteiger partial charge in [0.05, 0.1) is 5.02 Å². The third-order valence-corrected chi connectivity index (χ3v) is 3.91. The number of amides is 1. The number of ether oxygens (including phenoxy) is 1. The smallest absolute Gasteiger partial charge is 0.410 e. The van der Waals surface area contributed by atoms with Crippen LogP contribution in [0.1, 0.15) is 39.0 Å². The van der Waals surface area contributed by atoms with E-state index < -0.39 is 5.60 Å². The van der Waals surface area contributed by atoms with Crippen molar-refractivity contribution in [2.24, 2.45) is 0 Å². The van der Waals surface area contributed by atoms with Crippen LogP contribution in [0.25, 0.3) is 0 Å². The Bertz CT molecular complexity index is 443. The van der Waals surface area contributed by atoms with E-state index in [2.05, 4.69) is 12.2 Å². The van der Waals surface area contributed by atoms with E-state index in [4.69, 9.17) is 16.3 Å². The molecule has 120 valence electrons. The number of nitrogens with one attached hydrogen (secondary N) is 1. The quantitative estimate of drug-likeness (QED) is 0.763. The van der Waals surface area contributed by atoms with Gasteiger partial charge in [-0.1, -0.05) is 18.5 Å². The van der Waals surface area contributed by atoms with E-state index in [1.54, 1.807) is 16.2 Å². The van der Waals surface area contributed by atoms with E-state index >= 15 is 0 Å². The van der Waals surface area contributed by atoms with Crippen LogP contribution < -0.4 is 5.32 Å². The number of carbonyl (C=O) groups excluding carboxylic acids is 1. The first-order valence-corrected chi connectivity index (χ1v) is 8.49. The first-order valence-electron chi connectivity index (χ1n) is 7.23. The van der Waals surface area contributed by atoms with Crippen LogP contribution in [-0.2, 0) is 11.3 Å². The molecule has 0 bridgehead atoms. The van der Waals surface area contributed by atoms with Crippen LogP contribution in [0.5, 0.6) is 0 Å². The van der Waals surface area contributed by atoms with Crippen LogP contribution in [-0.4, -0.2) is 36.2 Å². The van der Waals surface area contributed by atoms with Crippen molar-refractivity contribution in [2.45, 2.75) is 46.3 Å². The maximum atomic E-state index is 12.1. The zero-order valence-electron chi connectivity index (χ0n) is 13.2. The molecule has 0 saturated heterocycles. The molecular weight excluding hydrogens is 308 g/mol. The summed E-state index contributed by atoms with van der Waals surface area (Å²) >= 11 is 7.51. The Hall–Kier alpha value is -0.780. The molecule has 1 aromatic heterocycles. The van der Waals surface area contributed by atoms with E-state index in [9.17, 15) is 4.79 Å². The number of halogens is 1. The molecule has 1 rings (SSSR count).